The Bertz CT molecular complexity index is 382. The molecule has 0 heterocycles. The van der Waals surface area contributed by atoms with Crippen molar-refractivity contribution in [3.63, 3.8) is 0 Å². The van der Waals surface area contributed by atoms with E-state index in [0.717, 1.165) is 18.8 Å². The molecule has 20 heavy (non-hydrogen) atoms. The van der Waals surface area contributed by atoms with Crippen molar-refractivity contribution in [1.29, 1.82) is 0 Å². The molecule has 0 spiro atoms. The molecule has 3 saturated carbocycles. The van der Waals surface area contributed by atoms with Gasteiger partial charge in [0.15, 0.2) is 0 Å². The molecule has 0 radical (unpaired) electrons. The van der Waals surface area contributed by atoms with E-state index in [1.807, 2.05) is 0 Å². The quantitative estimate of drug-likeness (QED) is 0.792. The summed E-state index contributed by atoms with van der Waals surface area (Å²) in [5, 5.41) is 6.55. The maximum absolute atomic E-state index is 12.4. The molecule has 3 heteroatoms. The third-order valence-electron chi connectivity index (χ3n) is 6.49. The Morgan fingerprint density at radius 2 is 1.70 bits per heavy atom. The van der Waals surface area contributed by atoms with Gasteiger partial charge in [-0.25, -0.2) is 4.79 Å². The number of urea groups is 1. The average Bonchev–Trinajstić information content (AvgIpc) is 2.87. The maximum atomic E-state index is 12.4. The Balaban J connectivity index is 1.60. The average molecular weight is 278 g/mol. The predicted octanol–water partition coefficient (Wildman–Crippen LogP) is 3.83. The second-order valence-corrected chi connectivity index (χ2v) is 8.30. The summed E-state index contributed by atoms with van der Waals surface area (Å²) >= 11 is 0. The Morgan fingerprint density at radius 3 is 2.30 bits per heavy atom. The van der Waals surface area contributed by atoms with Crippen LogP contribution < -0.4 is 10.6 Å². The minimum atomic E-state index is 0.0729. The van der Waals surface area contributed by atoms with E-state index in [-0.39, 0.29) is 11.4 Å². The molecule has 0 aromatic rings. The third kappa shape index (κ3) is 2.33. The molecular weight excluding hydrogens is 248 g/mol. The highest BCUT2D eigenvalue weighted by Gasteiger charge is 2.59. The van der Waals surface area contributed by atoms with Gasteiger partial charge >= 0.3 is 6.03 Å². The highest BCUT2D eigenvalue weighted by molar-refractivity contribution is 5.75. The maximum Gasteiger partial charge on any atom is 0.315 e. The van der Waals surface area contributed by atoms with Crippen LogP contribution in [0.1, 0.15) is 72.1 Å². The van der Waals surface area contributed by atoms with Gasteiger partial charge in [-0.3, -0.25) is 0 Å². The first kappa shape index (κ1) is 14.2. The summed E-state index contributed by atoms with van der Waals surface area (Å²) in [4.78, 5) is 12.4. The lowest BCUT2D eigenvalue weighted by Gasteiger charge is -2.43. The lowest BCUT2D eigenvalue weighted by atomic mass is 9.68. The van der Waals surface area contributed by atoms with Gasteiger partial charge in [0.05, 0.1) is 0 Å². The predicted molar refractivity (Wildman–Crippen MR) is 81.6 cm³/mol. The van der Waals surface area contributed by atoms with Crippen molar-refractivity contribution in [3.8, 4) is 0 Å². The van der Waals surface area contributed by atoms with E-state index >= 15 is 0 Å². The van der Waals surface area contributed by atoms with Gasteiger partial charge in [-0.15, -0.1) is 0 Å². The third-order valence-corrected chi connectivity index (χ3v) is 6.49. The first-order chi connectivity index (χ1) is 9.42. The molecule has 0 saturated heterocycles. The van der Waals surface area contributed by atoms with Crippen LogP contribution in [0.2, 0.25) is 0 Å². The van der Waals surface area contributed by atoms with E-state index in [1.165, 1.54) is 38.5 Å². The van der Waals surface area contributed by atoms with Crippen molar-refractivity contribution in [3.05, 3.63) is 0 Å². The number of hydrogen-bond acceptors (Lipinski definition) is 1. The SMILES string of the molecule is CC12CCC(C1)C(C)(C)C2NC(=O)NC1CCCCC1. The van der Waals surface area contributed by atoms with Crippen molar-refractivity contribution in [2.45, 2.75) is 84.2 Å². The van der Waals surface area contributed by atoms with Gasteiger partial charge in [0.2, 0.25) is 0 Å². The number of amides is 2. The van der Waals surface area contributed by atoms with Gasteiger partial charge in [-0.2, -0.15) is 0 Å². The Morgan fingerprint density at radius 1 is 1.00 bits per heavy atom. The lowest BCUT2D eigenvalue weighted by Crippen LogP contribution is -2.56. The molecule has 3 unspecified atom stereocenters. The number of fused-ring (bicyclic) bond motifs is 2. The number of carbonyl (C=O) groups is 1. The summed E-state index contributed by atoms with van der Waals surface area (Å²) in [6.07, 6.45) is 10.1. The Kier molecular flexibility index (Phi) is 3.50. The minimum Gasteiger partial charge on any atom is -0.335 e. The topological polar surface area (TPSA) is 41.1 Å². The standard InChI is InChI=1S/C17H30N2O/c1-16(2)12-9-10-17(3,11-12)14(16)19-15(20)18-13-7-5-4-6-8-13/h12-14H,4-11H2,1-3H3,(H2,18,19,20). The van der Waals surface area contributed by atoms with Gasteiger partial charge in [0.1, 0.15) is 0 Å². The molecule has 0 aromatic heterocycles. The smallest absolute Gasteiger partial charge is 0.315 e. The van der Waals surface area contributed by atoms with Crippen molar-refractivity contribution in [1.82, 2.24) is 10.6 Å². The van der Waals surface area contributed by atoms with E-state index in [0.29, 0.717) is 17.5 Å². The van der Waals surface area contributed by atoms with Crippen LogP contribution in [0, 0.1) is 16.7 Å². The van der Waals surface area contributed by atoms with E-state index in [9.17, 15) is 4.79 Å². The first-order valence-corrected chi connectivity index (χ1v) is 8.49. The highest BCUT2D eigenvalue weighted by Crippen LogP contribution is 2.62. The number of nitrogens with one attached hydrogen (secondary N) is 2. The summed E-state index contributed by atoms with van der Waals surface area (Å²) in [5.74, 6) is 0.785. The molecule has 0 aromatic carbocycles. The summed E-state index contributed by atoms with van der Waals surface area (Å²) in [5.41, 5.74) is 0.564. The summed E-state index contributed by atoms with van der Waals surface area (Å²) in [6.45, 7) is 7.05. The van der Waals surface area contributed by atoms with Crippen molar-refractivity contribution in [2.75, 3.05) is 0 Å². The molecule has 2 N–H and O–H groups in total. The molecule has 3 aliphatic rings. The van der Waals surface area contributed by atoms with Crippen LogP contribution in [-0.2, 0) is 0 Å². The van der Waals surface area contributed by atoms with Crippen LogP contribution in [0.3, 0.4) is 0 Å². The number of rotatable bonds is 2. The molecule has 114 valence electrons. The van der Waals surface area contributed by atoms with Gasteiger partial charge in [0, 0.05) is 12.1 Å². The van der Waals surface area contributed by atoms with Crippen LogP contribution in [0.5, 0.6) is 0 Å². The van der Waals surface area contributed by atoms with Crippen LogP contribution in [-0.4, -0.2) is 18.1 Å². The zero-order valence-electron chi connectivity index (χ0n) is 13.3. The normalized spacial score (nSPS) is 39.8. The number of carbonyl (C=O) groups excluding carboxylic acids is 1. The monoisotopic (exact) mass is 278 g/mol. The van der Waals surface area contributed by atoms with Crippen molar-refractivity contribution >= 4 is 6.03 Å². The molecule has 2 bridgehead atoms. The van der Waals surface area contributed by atoms with Crippen LogP contribution in [0.15, 0.2) is 0 Å². The van der Waals surface area contributed by atoms with Crippen LogP contribution in [0.25, 0.3) is 0 Å². The Labute approximate surface area is 123 Å². The zero-order valence-corrected chi connectivity index (χ0v) is 13.3. The fourth-order valence-corrected chi connectivity index (χ4v) is 5.27. The molecule has 3 rings (SSSR count). The van der Waals surface area contributed by atoms with E-state index in [4.69, 9.17) is 0 Å². The van der Waals surface area contributed by atoms with Crippen molar-refractivity contribution in [2.24, 2.45) is 16.7 Å². The van der Waals surface area contributed by atoms with Crippen LogP contribution >= 0.6 is 0 Å². The molecule has 3 aliphatic carbocycles. The summed E-state index contributed by atoms with van der Waals surface area (Å²) < 4.78 is 0. The second-order valence-electron chi connectivity index (χ2n) is 8.30. The van der Waals surface area contributed by atoms with Gasteiger partial charge < -0.3 is 10.6 Å². The van der Waals surface area contributed by atoms with E-state index in [1.54, 1.807) is 0 Å². The van der Waals surface area contributed by atoms with E-state index < -0.39 is 0 Å². The molecule has 3 atom stereocenters. The van der Waals surface area contributed by atoms with Gasteiger partial charge in [-0.1, -0.05) is 40.0 Å². The molecule has 3 nitrogen and oxygen atoms in total. The fraction of sp³-hybridized carbons (Fsp3) is 0.941. The van der Waals surface area contributed by atoms with Gasteiger partial charge in [-0.05, 0) is 48.9 Å². The molecule has 0 aliphatic heterocycles. The largest absolute Gasteiger partial charge is 0.335 e. The number of hydrogen-bond donors (Lipinski definition) is 2. The zero-order chi connectivity index (χ0) is 14.4. The highest BCUT2D eigenvalue weighted by atomic mass is 16.2. The second kappa shape index (κ2) is 4.92. The lowest BCUT2D eigenvalue weighted by molar-refractivity contribution is 0.113. The van der Waals surface area contributed by atoms with E-state index in [2.05, 4.69) is 31.4 Å². The molecular formula is C17H30N2O. The molecule has 3 fully saturated rings. The fourth-order valence-electron chi connectivity index (χ4n) is 5.27. The first-order valence-electron chi connectivity index (χ1n) is 8.49. The summed E-state index contributed by atoms with van der Waals surface area (Å²) in [6, 6.07) is 0.805. The minimum absolute atomic E-state index is 0.0729. The van der Waals surface area contributed by atoms with Crippen LogP contribution in [0.4, 0.5) is 4.79 Å². The molecule has 2 amide bonds. The van der Waals surface area contributed by atoms with Gasteiger partial charge in [0.25, 0.3) is 0 Å². The van der Waals surface area contributed by atoms with Crippen molar-refractivity contribution < 1.29 is 4.79 Å². The Hall–Kier alpha value is -0.730. The summed E-state index contributed by atoms with van der Waals surface area (Å²) in [7, 11) is 0.